The average molecular weight is 404 g/mol. The van der Waals surface area contributed by atoms with Crippen LogP contribution in [0.5, 0.6) is 0 Å². The van der Waals surface area contributed by atoms with Gasteiger partial charge in [-0.2, -0.15) is 0 Å². The molecular weight excluding hydrogens is 386 g/mol. The highest BCUT2D eigenvalue weighted by molar-refractivity contribution is 9.10. The van der Waals surface area contributed by atoms with Crippen molar-refractivity contribution >= 4 is 37.1 Å². The molecule has 0 saturated heterocycles. The number of halogens is 1. The Labute approximate surface area is 143 Å². The lowest BCUT2D eigenvalue weighted by molar-refractivity contribution is -0.0406. The van der Waals surface area contributed by atoms with E-state index < -0.39 is 20.9 Å². The van der Waals surface area contributed by atoms with Gasteiger partial charge in [-0.3, -0.25) is 4.98 Å². The van der Waals surface area contributed by atoms with Crippen molar-refractivity contribution in [2.24, 2.45) is 5.41 Å². The van der Waals surface area contributed by atoms with Crippen molar-refractivity contribution in [2.75, 3.05) is 5.75 Å². The van der Waals surface area contributed by atoms with Crippen molar-refractivity contribution in [1.29, 1.82) is 0 Å². The molecule has 1 atom stereocenters. The first kappa shape index (κ1) is 17.6. The van der Waals surface area contributed by atoms with Crippen LogP contribution in [0.4, 0.5) is 0 Å². The van der Waals surface area contributed by atoms with Crippen LogP contribution in [0, 0.1) is 5.41 Å². The summed E-state index contributed by atoms with van der Waals surface area (Å²) in [6, 6.07) is 6.43. The molecule has 0 aliphatic carbocycles. The predicted molar refractivity (Wildman–Crippen MR) is 91.7 cm³/mol. The van der Waals surface area contributed by atoms with E-state index in [4.69, 9.17) is 0 Å². The molecular formula is C15H18BrNO3S2. The summed E-state index contributed by atoms with van der Waals surface area (Å²) in [5, 5.41) is 11.1. The third-order valence-electron chi connectivity index (χ3n) is 3.65. The van der Waals surface area contributed by atoms with E-state index in [-0.39, 0.29) is 10.6 Å². The zero-order chi connectivity index (χ0) is 16.6. The normalized spacial score (nSPS) is 15.5. The molecule has 1 N–H and O–H groups in total. The minimum atomic E-state index is -3.64. The Morgan fingerprint density at radius 1 is 1.23 bits per heavy atom. The van der Waals surface area contributed by atoms with Crippen LogP contribution in [0.15, 0.2) is 45.3 Å². The molecule has 4 nitrogen and oxygen atoms in total. The summed E-state index contributed by atoms with van der Waals surface area (Å²) in [7, 11) is -3.64. The monoisotopic (exact) mass is 403 g/mol. The molecule has 7 heteroatoms. The number of rotatable bonds is 4. The number of sulfone groups is 1. The van der Waals surface area contributed by atoms with E-state index in [9.17, 15) is 13.5 Å². The maximum Gasteiger partial charge on any atom is 0.181 e. The fourth-order valence-electron chi connectivity index (χ4n) is 2.08. The largest absolute Gasteiger partial charge is 0.383 e. The highest BCUT2D eigenvalue weighted by atomic mass is 79.9. The first-order chi connectivity index (χ1) is 10.1. The van der Waals surface area contributed by atoms with Crippen LogP contribution in [-0.2, 0) is 15.4 Å². The van der Waals surface area contributed by atoms with Gasteiger partial charge in [-0.15, -0.1) is 11.3 Å². The molecule has 2 aromatic rings. The van der Waals surface area contributed by atoms with E-state index in [1.54, 1.807) is 17.6 Å². The second-order valence-corrected chi connectivity index (χ2v) is 9.98. The van der Waals surface area contributed by atoms with Gasteiger partial charge in [0.25, 0.3) is 0 Å². The van der Waals surface area contributed by atoms with Gasteiger partial charge in [0.1, 0.15) is 5.60 Å². The van der Waals surface area contributed by atoms with Gasteiger partial charge in [0, 0.05) is 10.7 Å². The lowest BCUT2D eigenvalue weighted by Crippen LogP contribution is -2.45. The second-order valence-electron chi connectivity index (χ2n) is 6.19. The zero-order valence-electron chi connectivity index (χ0n) is 12.6. The zero-order valence-corrected chi connectivity index (χ0v) is 15.8. The number of benzene rings is 1. The Morgan fingerprint density at radius 3 is 2.27 bits per heavy atom. The number of aliphatic hydroxyl groups is 1. The molecule has 1 heterocycles. The van der Waals surface area contributed by atoms with Gasteiger partial charge >= 0.3 is 0 Å². The third-order valence-corrected chi connectivity index (χ3v) is 6.89. The van der Waals surface area contributed by atoms with Crippen molar-refractivity contribution in [3.63, 3.8) is 0 Å². The molecule has 120 valence electrons. The fourth-order valence-corrected chi connectivity index (χ4v) is 5.22. The molecule has 0 saturated carbocycles. The molecule has 0 aliphatic heterocycles. The Balaban J connectivity index is 2.46. The summed E-state index contributed by atoms with van der Waals surface area (Å²) in [5.41, 5.74) is -0.555. The molecule has 0 spiro atoms. The minimum Gasteiger partial charge on any atom is -0.383 e. The summed E-state index contributed by atoms with van der Waals surface area (Å²) < 4.78 is 26.2. The molecule has 0 bridgehead atoms. The van der Waals surface area contributed by atoms with E-state index >= 15 is 0 Å². The topological polar surface area (TPSA) is 67.3 Å². The van der Waals surface area contributed by atoms with Crippen LogP contribution in [0.1, 0.15) is 25.6 Å². The van der Waals surface area contributed by atoms with Crippen LogP contribution in [0.3, 0.4) is 0 Å². The first-order valence-corrected chi connectivity index (χ1v) is 9.98. The smallest absolute Gasteiger partial charge is 0.181 e. The van der Waals surface area contributed by atoms with Gasteiger partial charge < -0.3 is 5.11 Å². The lowest BCUT2D eigenvalue weighted by atomic mass is 9.77. The molecule has 2 rings (SSSR count). The van der Waals surface area contributed by atoms with Crippen molar-refractivity contribution in [1.82, 2.24) is 4.98 Å². The standard InChI is InChI=1S/C15H18BrNO3S2/c1-14(2,3)15(18,13-8-17-10-21-13)9-22(19,20)12-6-4-11(16)5-7-12/h4-8,10,18H,9H2,1-3H3. The maximum atomic E-state index is 12.7. The summed E-state index contributed by atoms with van der Waals surface area (Å²) in [5.74, 6) is -0.382. The third kappa shape index (κ3) is 3.42. The van der Waals surface area contributed by atoms with Gasteiger partial charge in [-0.25, -0.2) is 8.42 Å². The van der Waals surface area contributed by atoms with Crippen LogP contribution >= 0.6 is 27.3 Å². The predicted octanol–water partition coefficient (Wildman–Crippen LogP) is 3.61. The number of nitrogens with zero attached hydrogens (tertiary/aromatic N) is 1. The van der Waals surface area contributed by atoms with E-state index in [0.717, 1.165) is 4.47 Å². The Hall–Kier alpha value is -0.760. The van der Waals surface area contributed by atoms with E-state index in [1.165, 1.54) is 29.7 Å². The van der Waals surface area contributed by atoms with E-state index in [2.05, 4.69) is 20.9 Å². The number of aromatic nitrogens is 1. The van der Waals surface area contributed by atoms with Crippen molar-refractivity contribution in [2.45, 2.75) is 31.3 Å². The molecule has 1 aromatic carbocycles. The van der Waals surface area contributed by atoms with Gasteiger partial charge in [0.2, 0.25) is 0 Å². The Bertz CT molecular complexity index is 734. The molecule has 1 aromatic heterocycles. The van der Waals surface area contributed by atoms with Crippen LogP contribution < -0.4 is 0 Å². The molecule has 1 unspecified atom stereocenters. The van der Waals surface area contributed by atoms with Gasteiger partial charge in [0.15, 0.2) is 9.84 Å². The fraction of sp³-hybridized carbons (Fsp3) is 0.400. The lowest BCUT2D eigenvalue weighted by Gasteiger charge is -2.39. The van der Waals surface area contributed by atoms with Crippen molar-refractivity contribution in [3.8, 4) is 0 Å². The van der Waals surface area contributed by atoms with Gasteiger partial charge in [-0.05, 0) is 29.7 Å². The van der Waals surface area contributed by atoms with Gasteiger partial charge in [-0.1, -0.05) is 36.7 Å². The van der Waals surface area contributed by atoms with E-state index in [1.807, 2.05) is 20.8 Å². The Kier molecular flexibility index (Phi) is 4.82. The molecule has 0 radical (unpaired) electrons. The van der Waals surface area contributed by atoms with Crippen LogP contribution in [0.25, 0.3) is 0 Å². The molecule has 22 heavy (non-hydrogen) atoms. The second kappa shape index (κ2) is 6.03. The summed E-state index contributed by atoms with van der Waals surface area (Å²) in [4.78, 5) is 4.73. The number of thiazole rings is 1. The van der Waals surface area contributed by atoms with E-state index in [0.29, 0.717) is 4.88 Å². The first-order valence-electron chi connectivity index (χ1n) is 6.66. The summed E-state index contributed by atoms with van der Waals surface area (Å²) in [6.45, 7) is 5.47. The quantitative estimate of drug-likeness (QED) is 0.846. The van der Waals surface area contributed by atoms with Crippen molar-refractivity contribution in [3.05, 3.63) is 45.3 Å². The van der Waals surface area contributed by atoms with Crippen LogP contribution in [0.2, 0.25) is 0 Å². The average Bonchev–Trinajstić information content (AvgIpc) is 2.91. The van der Waals surface area contributed by atoms with Gasteiger partial charge in [0.05, 0.1) is 21.0 Å². The highest BCUT2D eigenvalue weighted by Gasteiger charge is 2.46. The molecule has 0 fully saturated rings. The Morgan fingerprint density at radius 2 is 1.82 bits per heavy atom. The van der Waals surface area contributed by atoms with Crippen molar-refractivity contribution < 1.29 is 13.5 Å². The number of hydrogen-bond donors (Lipinski definition) is 1. The van der Waals surface area contributed by atoms with Crippen LogP contribution in [-0.4, -0.2) is 24.3 Å². The summed E-state index contributed by atoms with van der Waals surface area (Å²) in [6.07, 6.45) is 1.53. The molecule has 0 amide bonds. The molecule has 0 aliphatic rings. The minimum absolute atomic E-state index is 0.197. The number of hydrogen-bond acceptors (Lipinski definition) is 5. The summed E-state index contributed by atoms with van der Waals surface area (Å²) >= 11 is 4.55. The highest BCUT2D eigenvalue weighted by Crippen LogP contribution is 2.42. The maximum absolute atomic E-state index is 12.7. The SMILES string of the molecule is CC(C)(C)C(O)(CS(=O)(=O)c1ccc(Br)cc1)c1cncs1.